The molecule has 0 radical (unpaired) electrons. The van der Waals surface area contributed by atoms with Crippen LogP contribution in [0.2, 0.25) is 0 Å². The van der Waals surface area contributed by atoms with Gasteiger partial charge in [0.25, 0.3) is 0 Å². The number of hydrogen-bond acceptors (Lipinski definition) is 9. The normalized spacial score (nSPS) is 11.0. The van der Waals surface area contributed by atoms with Gasteiger partial charge in [-0.25, -0.2) is 19.2 Å². The van der Waals surface area contributed by atoms with Crippen LogP contribution in [0.1, 0.15) is 221 Å². The molecule has 7 rings (SSSR count). The van der Waals surface area contributed by atoms with Gasteiger partial charge in [0.05, 0.1) is 29.4 Å². The fraction of sp³-hybridized carbons (Fsp3) is 0.387. The minimum Gasteiger partial charge on any atom is -0.497 e. The van der Waals surface area contributed by atoms with Gasteiger partial charge in [-0.15, -0.1) is 0 Å². The summed E-state index contributed by atoms with van der Waals surface area (Å²) in [5.74, 6) is -1.39. The average Bonchev–Trinajstić information content (AvgIpc) is 3.72. The number of carbonyl (C=O) groups is 4. The van der Waals surface area contributed by atoms with E-state index in [2.05, 4.69) is 62.4 Å². The molecule has 0 fully saturated rings. The lowest BCUT2D eigenvalue weighted by molar-refractivity contribution is 0.0714. The number of unbranched alkanes of at least 4 members (excludes halogenated alkanes) is 22. The molecule has 0 N–H and O–H groups in total. The van der Waals surface area contributed by atoms with Gasteiger partial charge in [0.15, 0.2) is 0 Å². The van der Waals surface area contributed by atoms with E-state index in [4.69, 9.17) is 23.7 Å². The molecule has 9 heteroatoms. The molecule has 0 saturated heterocycles. The number of hydrogen-bond donors (Lipinski definition) is 0. The van der Waals surface area contributed by atoms with Crippen LogP contribution in [0.25, 0.3) is 22.3 Å². The Hall–Kier alpha value is -7.78. The molecule has 0 aromatic heterocycles. The first-order chi connectivity index (χ1) is 41.2. The molecule has 7 aromatic carbocycles. The molecule has 7 aromatic rings. The fourth-order valence-corrected chi connectivity index (χ4v) is 10.4. The van der Waals surface area contributed by atoms with E-state index in [1.807, 2.05) is 24.3 Å². The van der Waals surface area contributed by atoms with Gasteiger partial charge in [-0.1, -0.05) is 228 Å². The number of aryl methyl sites for hydroxylation is 2. The van der Waals surface area contributed by atoms with Crippen LogP contribution in [0.15, 0.2) is 164 Å². The first-order valence-corrected chi connectivity index (χ1v) is 31.3. The van der Waals surface area contributed by atoms with Crippen molar-refractivity contribution in [2.24, 2.45) is 0 Å². The minimum absolute atomic E-state index is 0.0411. The number of ether oxygens (including phenoxy) is 5. The Bertz CT molecular complexity index is 2850. The maximum atomic E-state index is 13.4. The Labute approximate surface area is 500 Å². The van der Waals surface area contributed by atoms with Gasteiger partial charge in [0.2, 0.25) is 0 Å². The number of carbonyl (C=O) groups excluding carboxylic acids is 4. The summed E-state index contributed by atoms with van der Waals surface area (Å²) >= 11 is 0. The van der Waals surface area contributed by atoms with E-state index in [0.717, 1.165) is 35.1 Å². The predicted molar refractivity (Wildman–Crippen MR) is 339 cm³/mol. The van der Waals surface area contributed by atoms with Crippen LogP contribution in [0.3, 0.4) is 0 Å². The molecule has 0 amide bonds. The third kappa shape index (κ3) is 22.1. The predicted octanol–water partition coefficient (Wildman–Crippen LogP) is 20.4. The molecule has 0 atom stereocenters. The molecule has 0 aliphatic heterocycles. The van der Waals surface area contributed by atoms with Crippen molar-refractivity contribution >= 4 is 23.9 Å². The zero-order valence-corrected chi connectivity index (χ0v) is 50.1. The molecular weight excluding hydrogens is 1040 g/mol. The minimum atomic E-state index is -0.753. The average molecular weight is 1130 g/mol. The van der Waals surface area contributed by atoms with E-state index in [9.17, 15) is 19.2 Å². The van der Waals surface area contributed by atoms with Crippen LogP contribution in [0.4, 0.5) is 0 Å². The van der Waals surface area contributed by atoms with E-state index in [0.29, 0.717) is 11.1 Å². The van der Waals surface area contributed by atoms with Gasteiger partial charge >= 0.3 is 23.9 Å². The molecule has 0 spiro atoms. The van der Waals surface area contributed by atoms with Crippen molar-refractivity contribution in [1.29, 1.82) is 0 Å². The van der Waals surface area contributed by atoms with Crippen LogP contribution in [0.5, 0.6) is 28.7 Å². The summed E-state index contributed by atoms with van der Waals surface area (Å²) in [6.45, 7) is 4.54. The van der Waals surface area contributed by atoms with Crippen molar-refractivity contribution < 1.29 is 42.9 Å². The first-order valence-electron chi connectivity index (χ1n) is 31.3. The van der Waals surface area contributed by atoms with Crippen molar-refractivity contribution in [3.8, 4) is 51.0 Å². The smallest absolute Gasteiger partial charge is 0.343 e. The fourth-order valence-electron chi connectivity index (χ4n) is 10.4. The zero-order chi connectivity index (χ0) is 59.0. The van der Waals surface area contributed by atoms with E-state index < -0.39 is 23.9 Å². The number of methoxy groups -OCH3 is 1. The van der Waals surface area contributed by atoms with E-state index in [-0.39, 0.29) is 39.9 Å². The lowest BCUT2D eigenvalue weighted by atomic mass is 10.00. The van der Waals surface area contributed by atoms with Crippen LogP contribution in [-0.4, -0.2) is 31.0 Å². The Kier molecular flexibility index (Phi) is 27.4. The third-order valence-electron chi connectivity index (χ3n) is 15.6. The molecule has 0 unspecified atom stereocenters. The Morgan fingerprint density at radius 2 is 0.500 bits per heavy atom. The second-order valence-corrected chi connectivity index (χ2v) is 22.3. The van der Waals surface area contributed by atoms with Crippen molar-refractivity contribution in [2.45, 2.75) is 181 Å². The summed E-state index contributed by atoms with van der Waals surface area (Å²) in [5, 5.41) is 0. The third-order valence-corrected chi connectivity index (χ3v) is 15.6. The van der Waals surface area contributed by atoms with Crippen LogP contribution >= 0.6 is 0 Å². The molecule has 0 aliphatic carbocycles. The van der Waals surface area contributed by atoms with Gasteiger partial charge in [-0.05, 0) is 150 Å². The molecular formula is C75H88O9. The number of rotatable bonds is 37. The maximum Gasteiger partial charge on any atom is 0.343 e. The SMILES string of the molecule is CCCCCCCCCCCCCCc1ccc(-c2ccc(C(=O)Oc3ccc(OC(=O)c4cc(OC)cc(C(=O)Oc5ccc(OC(=O)c6ccc(-c7ccc(CCCCCCCCCCCCCC)cc7)cc6)cc5)c4)cc3)cc2)cc1. The zero-order valence-electron chi connectivity index (χ0n) is 50.1. The Morgan fingerprint density at radius 3 is 0.762 bits per heavy atom. The van der Waals surface area contributed by atoms with Crippen molar-refractivity contribution in [3.63, 3.8) is 0 Å². The number of benzene rings is 7. The van der Waals surface area contributed by atoms with E-state index in [1.54, 1.807) is 24.3 Å². The quantitative estimate of drug-likeness (QED) is 0.0213. The van der Waals surface area contributed by atoms with Crippen LogP contribution in [0, 0.1) is 0 Å². The molecule has 84 heavy (non-hydrogen) atoms. The van der Waals surface area contributed by atoms with Gasteiger partial charge in [0.1, 0.15) is 28.7 Å². The molecule has 0 heterocycles. The van der Waals surface area contributed by atoms with Crippen molar-refractivity contribution in [1.82, 2.24) is 0 Å². The van der Waals surface area contributed by atoms with E-state index in [1.165, 1.54) is 239 Å². The summed E-state index contributed by atoms with van der Waals surface area (Å²) in [6.07, 6.45) is 34.5. The monoisotopic (exact) mass is 1130 g/mol. The van der Waals surface area contributed by atoms with Crippen LogP contribution in [-0.2, 0) is 12.8 Å². The lowest BCUT2D eigenvalue weighted by Gasteiger charge is -2.11. The van der Waals surface area contributed by atoms with Crippen molar-refractivity contribution in [2.75, 3.05) is 7.11 Å². The van der Waals surface area contributed by atoms with Gasteiger partial charge in [0, 0.05) is 0 Å². The molecule has 0 aliphatic rings. The summed E-state index contributed by atoms with van der Waals surface area (Å²) in [6, 6.07) is 48.5. The first kappa shape index (κ1) is 63.8. The van der Waals surface area contributed by atoms with Crippen molar-refractivity contribution in [3.05, 3.63) is 197 Å². The second-order valence-electron chi connectivity index (χ2n) is 22.3. The largest absolute Gasteiger partial charge is 0.497 e. The molecule has 442 valence electrons. The van der Waals surface area contributed by atoms with E-state index >= 15 is 0 Å². The van der Waals surface area contributed by atoms with Gasteiger partial charge < -0.3 is 23.7 Å². The Balaban J connectivity index is 0.800. The number of esters is 4. The van der Waals surface area contributed by atoms with Gasteiger partial charge in [-0.2, -0.15) is 0 Å². The highest BCUT2D eigenvalue weighted by Crippen LogP contribution is 2.28. The topological polar surface area (TPSA) is 114 Å². The highest BCUT2D eigenvalue weighted by atomic mass is 16.6. The highest BCUT2D eigenvalue weighted by molar-refractivity contribution is 5.98. The Morgan fingerprint density at radius 1 is 0.262 bits per heavy atom. The second kappa shape index (κ2) is 36.0. The molecule has 0 saturated carbocycles. The standard InChI is InChI=1S/C75H88O9/c1-4-6-8-10-12-14-16-18-20-22-24-26-28-57-30-34-59(35-31-57)61-38-42-63(43-39-61)72(76)81-67-46-50-69(51-47-67)83-74(78)65-54-66(56-71(55-65)80-3)75(79)84-70-52-48-68(49-53-70)82-73(77)64-44-40-62(41-45-64)60-36-32-58(33-37-60)29-27-25-23-21-19-17-15-13-11-9-7-5-2/h30-56H,4-29H2,1-3H3. The lowest BCUT2D eigenvalue weighted by Crippen LogP contribution is -2.13. The maximum absolute atomic E-state index is 13.4. The summed E-state index contributed by atoms with van der Waals surface area (Å²) in [7, 11) is 1.42. The highest BCUT2D eigenvalue weighted by Gasteiger charge is 2.19. The molecule has 0 bridgehead atoms. The van der Waals surface area contributed by atoms with Gasteiger partial charge in [-0.3, -0.25) is 0 Å². The summed E-state index contributed by atoms with van der Waals surface area (Å²) in [4.78, 5) is 53.0. The summed E-state index contributed by atoms with van der Waals surface area (Å²) in [5.41, 5.74) is 7.76. The molecule has 9 nitrogen and oxygen atoms in total. The van der Waals surface area contributed by atoms with Crippen LogP contribution < -0.4 is 23.7 Å². The summed E-state index contributed by atoms with van der Waals surface area (Å²) < 4.78 is 27.9.